The molecule has 3 aliphatic rings. The van der Waals surface area contributed by atoms with E-state index >= 15 is 0 Å². The Balaban J connectivity index is 1.11. The lowest BCUT2D eigenvalue weighted by molar-refractivity contribution is -0.121. The number of allylic oxidation sites excluding steroid dienone is 5. The topological polar surface area (TPSA) is 137 Å². The van der Waals surface area contributed by atoms with Gasteiger partial charge in [-0.2, -0.15) is 11.8 Å². The molecule has 2 heterocycles. The van der Waals surface area contributed by atoms with Gasteiger partial charge in [-0.05, 0) is 63.9 Å². The largest absolute Gasteiger partial charge is 0.389 e. The van der Waals surface area contributed by atoms with Gasteiger partial charge in [-0.1, -0.05) is 63.0 Å². The number of aliphatic hydroxyl groups is 1. The predicted octanol–water partition coefficient (Wildman–Crippen LogP) is 5.10. The molecule has 4 amide bonds. The van der Waals surface area contributed by atoms with Crippen molar-refractivity contribution in [3.63, 3.8) is 0 Å². The van der Waals surface area contributed by atoms with Gasteiger partial charge in [-0.3, -0.25) is 14.4 Å². The molecule has 2 saturated heterocycles. The molecule has 0 bridgehead atoms. The van der Waals surface area contributed by atoms with Crippen molar-refractivity contribution in [2.75, 3.05) is 18.8 Å². The first-order valence-corrected chi connectivity index (χ1v) is 18.4. The Kier molecular flexibility index (Phi) is 17.4. The number of hydrogen-bond donors (Lipinski definition) is 5. The van der Waals surface area contributed by atoms with Gasteiger partial charge in [0.25, 0.3) is 0 Å². The Hall–Kier alpha value is -2.59. The normalized spacial score (nSPS) is 24.7. The zero-order valence-corrected chi connectivity index (χ0v) is 28.0. The minimum atomic E-state index is -0.449. The van der Waals surface area contributed by atoms with E-state index in [1.807, 2.05) is 36.1 Å². The van der Waals surface area contributed by atoms with Gasteiger partial charge in [0.1, 0.15) is 0 Å². The number of carbonyl (C=O) groups excluding carboxylic acids is 4. The SMILES string of the molecule is CCCCCC(O)C=CC1C=CC(=O)C1CC=CCCCC(=O)NCCCCCNC(=O)CCCCC1SCC2NC(=O)NC21. The highest BCUT2D eigenvalue weighted by Crippen LogP contribution is 2.33. The maximum Gasteiger partial charge on any atom is 0.315 e. The van der Waals surface area contributed by atoms with Gasteiger partial charge in [-0.15, -0.1) is 0 Å². The van der Waals surface area contributed by atoms with Crippen LogP contribution in [0.4, 0.5) is 4.79 Å². The highest BCUT2D eigenvalue weighted by Gasteiger charge is 2.42. The minimum Gasteiger partial charge on any atom is -0.389 e. The molecule has 252 valence electrons. The van der Waals surface area contributed by atoms with E-state index in [1.54, 1.807) is 6.08 Å². The van der Waals surface area contributed by atoms with Gasteiger partial charge in [0.2, 0.25) is 11.8 Å². The second-order valence-corrected chi connectivity index (χ2v) is 13.9. The van der Waals surface area contributed by atoms with E-state index in [0.29, 0.717) is 37.6 Å². The number of thioether (sulfide) groups is 1. The maximum absolute atomic E-state index is 12.3. The molecule has 0 aromatic carbocycles. The van der Waals surface area contributed by atoms with Crippen LogP contribution in [0.3, 0.4) is 0 Å². The van der Waals surface area contributed by atoms with Gasteiger partial charge in [0.15, 0.2) is 5.78 Å². The fraction of sp³-hybridized carbons (Fsp3) is 0.714. The number of carbonyl (C=O) groups is 4. The predicted molar refractivity (Wildman–Crippen MR) is 182 cm³/mol. The number of aliphatic hydroxyl groups excluding tert-OH is 1. The summed E-state index contributed by atoms with van der Waals surface area (Å²) in [5.74, 6) is 1.19. The molecule has 6 unspecified atom stereocenters. The van der Waals surface area contributed by atoms with Crippen molar-refractivity contribution in [1.82, 2.24) is 21.3 Å². The van der Waals surface area contributed by atoms with E-state index in [9.17, 15) is 24.3 Å². The lowest BCUT2D eigenvalue weighted by Gasteiger charge is -2.16. The Morgan fingerprint density at radius 2 is 1.73 bits per heavy atom. The van der Waals surface area contributed by atoms with Crippen molar-refractivity contribution in [3.05, 3.63) is 36.5 Å². The second kappa shape index (κ2) is 21.3. The molecule has 0 aromatic rings. The first-order valence-electron chi connectivity index (χ1n) is 17.3. The third kappa shape index (κ3) is 14.2. The quantitative estimate of drug-likeness (QED) is 0.0597. The molecule has 5 N–H and O–H groups in total. The number of fused-ring (bicyclic) bond motifs is 1. The van der Waals surface area contributed by atoms with Crippen LogP contribution < -0.4 is 21.3 Å². The number of ketones is 1. The molecular formula is C35H56N4O5S. The van der Waals surface area contributed by atoms with E-state index < -0.39 is 6.10 Å². The Morgan fingerprint density at radius 1 is 0.978 bits per heavy atom. The molecule has 45 heavy (non-hydrogen) atoms. The molecule has 2 fully saturated rings. The first kappa shape index (κ1) is 36.9. The summed E-state index contributed by atoms with van der Waals surface area (Å²) < 4.78 is 0. The Labute approximate surface area is 274 Å². The summed E-state index contributed by atoms with van der Waals surface area (Å²) >= 11 is 1.91. The second-order valence-electron chi connectivity index (χ2n) is 12.6. The standard InChI is InChI=1S/C35H56N4O5S/c1-2-3-7-14-27(40)21-19-26-20-22-30(41)28(26)15-8-4-5-9-17-32(42)36-23-12-6-13-24-37-33(43)18-11-10-16-31-34-29(25-45-31)38-35(44)39-34/h4,8,19-22,26-29,31,34,40H,2-3,5-7,9-18,23-25H2,1H3,(H,36,42)(H,37,43)(H2,38,39,44). The molecule has 6 atom stereocenters. The smallest absolute Gasteiger partial charge is 0.315 e. The first-order chi connectivity index (χ1) is 21.9. The van der Waals surface area contributed by atoms with E-state index in [0.717, 1.165) is 82.8 Å². The molecule has 0 saturated carbocycles. The molecule has 10 heteroatoms. The molecule has 3 rings (SSSR count). The molecule has 2 aliphatic heterocycles. The molecular weight excluding hydrogens is 588 g/mol. The summed E-state index contributed by atoms with van der Waals surface area (Å²) in [5, 5.41) is 22.5. The summed E-state index contributed by atoms with van der Waals surface area (Å²) in [5.41, 5.74) is 0. The maximum atomic E-state index is 12.3. The van der Waals surface area contributed by atoms with Crippen molar-refractivity contribution in [2.45, 2.75) is 127 Å². The summed E-state index contributed by atoms with van der Waals surface area (Å²) in [6.07, 6.45) is 24.0. The zero-order valence-electron chi connectivity index (χ0n) is 27.1. The monoisotopic (exact) mass is 644 g/mol. The van der Waals surface area contributed by atoms with Gasteiger partial charge in [0.05, 0.1) is 18.2 Å². The third-order valence-corrected chi connectivity index (χ3v) is 10.4. The fourth-order valence-corrected chi connectivity index (χ4v) is 7.70. The average Bonchev–Trinajstić information content (AvgIpc) is 3.69. The average molecular weight is 645 g/mol. The van der Waals surface area contributed by atoms with Gasteiger partial charge in [-0.25, -0.2) is 4.79 Å². The van der Waals surface area contributed by atoms with Crippen molar-refractivity contribution in [2.24, 2.45) is 11.8 Å². The van der Waals surface area contributed by atoms with Crippen molar-refractivity contribution in [1.29, 1.82) is 0 Å². The Morgan fingerprint density at radius 3 is 2.49 bits per heavy atom. The number of urea groups is 1. The fourth-order valence-electron chi connectivity index (χ4n) is 6.16. The van der Waals surface area contributed by atoms with Crippen LogP contribution >= 0.6 is 11.8 Å². The van der Waals surface area contributed by atoms with Crippen molar-refractivity contribution >= 4 is 35.4 Å². The van der Waals surface area contributed by atoms with Gasteiger partial charge in [0, 0.05) is 48.8 Å². The lowest BCUT2D eigenvalue weighted by Crippen LogP contribution is -2.36. The van der Waals surface area contributed by atoms with Crippen LogP contribution in [0, 0.1) is 11.8 Å². The van der Waals surface area contributed by atoms with Crippen LogP contribution in [-0.4, -0.2) is 71.0 Å². The van der Waals surface area contributed by atoms with E-state index in [4.69, 9.17) is 0 Å². The van der Waals surface area contributed by atoms with E-state index in [1.165, 1.54) is 0 Å². The van der Waals surface area contributed by atoms with E-state index in [2.05, 4.69) is 34.3 Å². The highest BCUT2D eigenvalue weighted by molar-refractivity contribution is 8.00. The zero-order chi connectivity index (χ0) is 32.3. The minimum absolute atomic E-state index is 0.0344. The van der Waals surface area contributed by atoms with Crippen LogP contribution in [-0.2, 0) is 14.4 Å². The van der Waals surface area contributed by atoms with Crippen molar-refractivity contribution in [3.8, 4) is 0 Å². The highest BCUT2D eigenvalue weighted by atomic mass is 32.2. The number of hydrogen-bond acceptors (Lipinski definition) is 6. The lowest BCUT2D eigenvalue weighted by atomic mass is 9.90. The van der Waals surface area contributed by atoms with Crippen LogP contribution in [0.2, 0.25) is 0 Å². The van der Waals surface area contributed by atoms with Crippen molar-refractivity contribution < 1.29 is 24.3 Å². The molecule has 0 radical (unpaired) electrons. The molecule has 0 aromatic heterocycles. The summed E-state index contributed by atoms with van der Waals surface area (Å²) in [6.45, 7) is 3.46. The Bertz CT molecular complexity index is 1030. The number of nitrogens with one attached hydrogen (secondary N) is 4. The summed E-state index contributed by atoms with van der Waals surface area (Å²) in [6, 6.07) is 0.422. The van der Waals surface area contributed by atoms with E-state index in [-0.39, 0.29) is 47.5 Å². The number of amides is 4. The van der Waals surface area contributed by atoms with Crippen LogP contribution in [0.1, 0.15) is 103 Å². The van der Waals surface area contributed by atoms with Crippen LogP contribution in [0.5, 0.6) is 0 Å². The molecule has 1 aliphatic carbocycles. The summed E-state index contributed by atoms with van der Waals surface area (Å²) in [4.78, 5) is 48.0. The molecule has 0 spiro atoms. The van der Waals surface area contributed by atoms with Gasteiger partial charge >= 0.3 is 6.03 Å². The van der Waals surface area contributed by atoms with Gasteiger partial charge < -0.3 is 26.4 Å². The summed E-state index contributed by atoms with van der Waals surface area (Å²) in [7, 11) is 0. The van der Waals surface area contributed by atoms with Crippen LogP contribution in [0.15, 0.2) is 36.5 Å². The molecule has 9 nitrogen and oxygen atoms in total. The third-order valence-electron chi connectivity index (χ3n) is 8.88. The number of unbranched alkanes of at least 4 members (excludes halogenated alkanes) is 6. The van der Waals surface area contributed by atoms with Crippen LogP contribution in [0.25, 0.3) is 0 Å². The number of rotatable bonds is 23.